The van der Waals surface area contributed by atoms with Crippen molar-refractivity contribution in [1.82, 2.24) is 4.98 Å². The first-order valence-corrected chi connectivity index (χ1v) is 8.34. The SMILES string of the molecule is CC(C)c1nc(N(C)CC2CCCCC2)sc1CN. The molecule has 3 nitrogen and oxygen atoms in total. The number of rotatable bonds is 5. The predicted molar refractivity (Wildman–Crippen MR) is 83.9 cm³/mol. The Kier molecular flexibility index (Phi) is 5.22. The Morgan fingerprint density at radius 3 is 2.53 bits per heavy atom. The van der Waals surface area contributed by atoms with Crippen LogP contribution in [-0.4, -0.2) is 18.6 Å². The molecule has 0 aromatic carbocycles. The van der Waals surface area contributed by atoms with E-state index in [-0.39, 0.29) is 0 Å². The van der Waals surface area contributed by atoms with Crippen molar-refractivity contribution in [2.75, 3.05) is 18.5 Å². The number of aromatic nitrogens is 1. The van der Waals surface area contributed by atoms with Gasteiger partial charge < -0.3 is 10.6 Å². The van der Waals surface area contributed by atoms with Crippen LogP contribution in [0.25, 0.3) is 0 Å². The van der Waals surface area contributed by atoms with Gasteiger partial charge in [-0.1, -0.05) is 33.1 Å². The zero-order valence-corrected chi connectivity index (χ0v) is 13.3. The first kappa shape index (κ1) is 14.8. The summed E-state index contributed by atoms with van der Waals surface area (Å²) in [5.74, 6) is 1.32. The molecule has 0 aliphatic heterocycles. The molecule has 2 N–H and O–H groups in total. The standard InChI is InChI=1S/C15H27N3S/c1-11(2)14-13(9-16)19-15(17-14)18(3)10-12-7-5-4-6-8-12/h11-12H,4-10,16H2,1-3H3. The van der Waals surface area contributed by atoms with E-state index in [0.717, 1.165) is 17.6 Å². The van der Waals surface area contributed by atoms with Gasteiger partial charge in [-0.05, 0) is 24.7 Å². The van der Waals surface area contributed by atoms with E-state index in [0.29, 0.717) is 12.5 Å². The Hall–Kier alpha value is -0.610. The highest BCUT2D eigenvalue weighted by molar-refractivity contribution is 7.15. The smallest absolute Gasteiger partial charge is 0.185 e. The summed E-state index contributed by atoms with van der Waals surface area (Å²) in [6, 6.07) is 0. The molecule has 0 spiro atoms. The minimum Gasteiger partial charge on any atom is -0.351 e. The monoisotopic (exact) mass is 281 g/mol. The van der Waals surface area contributed by atoms with Gasteiger partial charge in [-0.2, -0.15) is 0 Å². The van der Waals surface area contributed by atoms with Gasteiger partial charge in [-0.15, -0.1) is 11.3 Å². The third-order valence-electron chi connectivity index (χ3n) is 4.03. The molecule has 0 saturated heterocycles. The zero-order valence-electron chi connectivity index (χ0n) is 12.5. The second kappa shape index (κ2) is 6.71. The average Bonchev–Trinajstić information content (AvgIpc) is 2.84. The summed E-state index contributed by atoms with van der Waals surface area (Å²) >= 11 is 1.77. The van der Waals surface area contributed by atoms with Gasteiger partial charge in [-0.25, -0.2) is 4.98 Å². The van der Waals surface area contributed by atoms with E-state index < -0.39 is 0 Å². The number of anilines is 1. The molecule has 0 amide bonds. The lowest BCUT2D eigenvalue weighted by Gasteiger charge is -2.26. The summed E-state index contributed by atoms with van der Waals surface area (Å²) in [4.78, 5) is 8.40. The van der Waals surface area contributed by atoms with Gasteiger partial charge in [0.05, 0.1) is 5.69 Å². The molecule has 108 valence electrons. The van der Waals surface area contributed by atoms with Crippen molar-refractivity contribution < 1.29 is 0 Å². The average molecular weight is 281 g/mol. The van der Waals surface area contributed by atoms with Gasteiger partial charge in [0.15, 0.2) is 5.13 Å². The molecule has 1 fully saturated rings. The maximum Gasteiger partial charge on any atom is 0.185 e. The number of nitrogens with two attached hydrogens (primary N) is 1. The number of thiazole rings is 1. The van der Waals surface area contributed by atoms with E-state index >= 15 is 0 Å². The van der Waals surface area contributed by atoms with Crippen molar-refractivity contribution in [3.8, 4) is 0 Å². The number of hydrogen-bond donors (Lipinski definition) is 1. The molecule has 2 rings (SSSR count). The van der Waals surface area contributed by atoms with E-state index in [2.05, 4.69) is 25.8 Å². The summed E-state index contributed by atoms with van der Waals surface area (Å²) < 4.78 is 0. The molecule has 1 aromatic rings. The predicted octanol–water partition coefficient (Wildman–Crippen LogP) is 3.74. The van der Waals surface area contributed by atoms with Crippen molar-refractivity contribution in [2.24, 2.45) is 11.7 Å². The highest BCUT2D eigenvalue weighted by Gasteiger charge is 2.19. The molecule has 0 unspecified atom stereocenters. The van der Waals surface area contributed by atoms with E-state index in [1.165, 1.54) is 42.7 Å². The van der Waals surface area contributed by atoms with E-state index in [4.69, 9.17) is 10.7 Å². The normalized spacial score (nSPS) is 17.1. The second-order valence-electron chi connectivity index (χ2n) is 6.05. The van der Waals surface area contributed by atoms with E-state index in [1.54, 1.807) is 11.3 Å². The molecule has 4 heteroatoms. The molecule has 0 atom stereocenters. The van der Waals surface area contributed by atoms with Crippen LogP contribution in [0.4, 0.5) is 5.13 Å². The molecule has 1 heterocycles. The molecule has 1 aliphatic carbocycles. The van der Waals surface area contributed by atoms with Crippen LogP contribution in [0.2, 0.25) is 0 Å². The quantitative estimate of drug-likeness (QED) is 0.894. The van der Waals surface area contributed by atoms with Crippen molar-refractivity contribution in [1.29, 1.82) is 0 Å². The fourth-order valence-corrected chi connectivity index (χ4v) is 4.01. The lowest BCUT2D eigenvalue weighted by Crippen LogP contribution is -2.26. The van der Waals surface area contributed by atoms with Crippen molar-refractivity contribution in [3.63, 3.8) is 0 Å². The molecular formula is C15H27N3S. The van der Waals surface area contributed by atoms with Crippen molar-refractivity contribution in [2.45, 2.75) is 58.4 Å². The highest BCUT2D eigenvalue weighted by Crippen LogP contribution is 2.32. The summed E-state index contributed by atoms with van der Waals surface area (Å²) in [7, 11) is 2.18. The molecule has 19 heavy (non-hydrogen) atoms. The Balaban J connectivity index is 2.03. The molecule has 0 bridgehead atoms. The highest BCUT2D eigenvalue weighted by atomic mass is 32.1. The summed E-state index contributed by atoms with van der Waals surface area (Å²) in [5.41, 5.74) is 7.03. The minimum absolute atomic E-state index is 0.464. The van der Waals surface area contributed by atoms with Crippen LogP contribution in [0.5, 0.6) is 0 Å². The van der Waals surface area contributed by atoms with Crippen LogP contribution < -0.4 is 10.6 Å². The number of nitrogens with zero attached hydrogens (tertiary/aromatic N) is 2. The van der Waals surface area contributed by atoms with E-state index in [1.807, 2.05) is 0 Å². The maximum atomic E-state index is 5.84. The summed E-state index contributed by atoms with van der Waals surface area (Å²) in [5, 5.41) is 1.15. The van der Waals surface area contributed by atoms with Gasteiger partial charge in [-0.3, -0.25) is 0 Å². The van der Waals surface area contributed by atoms with Crippen molar-refractivity contribution in [3.05, 3.63) is 10.6 Å². The number of hydrogen-bond acceptors (Lipinski definition) is 4. The van der Waals surface area contributed by atoms with Gasteiger partial charge in [0.2, 0.25) is 0 Å². The fourth-order valence-electron chi connectivity index (χ4n) is 2.95. The van der Waals surface area contributed by atoms with Crippen molar-refractivity contribution >= 4 is 16.5 Å². The Bertz CT molecular complexity index is 394. The minimum atomic E-state index is 0.464. The summed E-state index contributed by atoms with van der Waals surface area (Å²) in [6.45, 7) is 6.15. The molecular weight excluding hydrogens is 254 g/mol. The fraction of sp³-hybridized carbons (Fsp3) is 0.800. The van der Waals surface area contributed by atoms with Gasteiger partial charge in [0.25, 0.3) is 0 Å². The van der Waals surface area contributed by atoms with Crippen LogP contribution in [0.3, 0.4) is 0 Å². The van der Waals surface area contributed by atoms with Gasteiger partial charge in [0.1, 0.15) is 0 Å². The third kappa shape index (κ3) is 3.69. The van der Waals surface area contributed by atoms with Crippen LogP contribution in [-0.2, 0) is 6.54 Å². The van der Waals surface area contributed by atoms with Crippen LogP contribution >= 0.6 is 11.3 Å². The lowest BCUT2D eigenvalue weighted by atomic mass is 9.89. The Morgan fingerprint density at radius 2 is 2.00 bits per heavy atom. The Morgan fingerprint density at radius 1 is 1.32 bits per heavy atom. The first-order valence-electron chi connectivity index (χ1n) is 7.52. The van der Waals surface area contributed by atoms with Crippen LogP contribution in [0.1, 0.15) is 62.4 Å². The largest absolute Gasteiger partial charge is 0.351 e. The second-order valence-corrected chi connectivity index (χ2v) is 7.11. The summed E-state index contributed by atoms with van der Waals surface area (Å²) in [6.07, 6.45) is 7.00. The van der Waals surface area contributed by atoms with Crippen LogP contribution in [0.15, 0.2) is 0 Å². The Labute approximate surface area is 121 Å². The van der Waals surface area contributed by atoms with Gasteiger partial charge >= 0.3 is 0 Å². The topological polar surface area (TPSA) is 42.2 Å². The van der Waals surface area contributed by atoms with E-state index in [9.17, 15) is 0 Å². The van der Waals surface area contributed by atoms with Gasteiger partial charge in [0, 0.05) is 25.0 Å². The molecule has 1 aromatic heterocycles. The molecule has 0 radical (unpaired) electrons. The molecule has 1 saturated carbocycles. The lowest BCUT2D eigenvalue weighted by molar-refractivity contribution is 0.362. The van der Waals surface area contributed by atoms with Crippen LogP contribution in [0, 0.1) is 5.92 Å². The zero-order chi connectivity index (χ0) is 13.8. The maximum absolute atomic E-state index is 5.84. The first-order chi connectivity index (χ1) is 9.11. The third-order valence-corrected chi connectivity index (χ3v) is 5.24. The molecule has 1 aliphatic rings.